The topological polar surface area (TPSA) is 0 Å². The smallest absolute Gasteiger partial charge is 0.140 e. The lowest BCUT2D eigenvalue weighted by molar-refractivity contribution is 0.540. The molecule has 0 spiro atoms. The normalized spacial score (nSPS) is 10.4. The lowest BCUT2D eigenvalue weighted by Gasteiger charge is -2.04. The number of benzene rings is 2. The van der Waals surface area contributed by atoms with E-state index in [1.807, 2.05) is 12.1 Å². The van der Waals surface area contributed by atoms with Gasteiger partial charge in [-0.3, -0.25) is 0 Å². The van der Waals surface area contributed by atoms with Crippen LogP contribution in [0.3, 0.4) is 0 Å². The fraction of sp³-hybridized carbons (Fsp3) is 0. The largest absolute Gasteiger partial charge is 0.206 e. The van der Waals surface area contributed by atoms with Crippen molar-refractivity contribution in [2.45, 2.75) is 9.79 Å². The van der Waals surface area contributed by atoms with Gasteiger partial charge in [-0.2, -0.15) is 0 Å². The Bertz CT molecular complexity index is 477. The van der Waals surface area contributed by atoms with Crippen molar-refractivity contribution in [1.29, 1.82) is 0 Å². The summed E-state index contributed by atoms with van der Waals surface area (Å²) in [6.07, 6.45) is 0. The van der Waals surface area contributed by atoms with Crippen LogP contribution in [0.1, 0.15) is 0 Å². The van der Waals surface area contributed by atoms with Crippen LogP contribution in [0.2, 0.25) is 0 Å². The summed E-state index contributed by atoms with van der Waals surface area (Å²) in [6, 6.07) is 11.1. The molecule has 0 heterocycles. The molecule has 0 aromatic heterocycles. The second kappa shape index (κ2) is 4.97. The second-order valence-electron chi connectivity index (χ2n) is 3.11. The van der Waals surface area contributed by atoms with Gasteiger partial charge in [0.1, 0.15) is 11.6 Å². The van der Waals surface area contributed by atoms with Crippen LogP contribution in [0.25, 0.3) is 0 Å². The Kier molecular flexibility index (Phi) is 3.61. The van der Waals surface area contributed by atoms with E-state index in [9.17, 15) is 8.78 Å². The van der Waals surface area contributed by atoms with E-state index in [0.717, 1.165) is 21.1 Å². The minimum atomic E-state index is -0.534. The molecule has 0 amide bonds. The van der Waals surface area contributed by atoms with Crippen LogP contribution in [-0.2, 0) is 0 Å². The van der Waals surface area contributed by atoms with E-state index in [2.05, 4.69) is 15.9 Å². The molecule has 2 aromatic carbocycles. The molecule has 0 atom stereocenters. The molecule has 2 aromatic rings. The lowest BCUT2D eigenvalue weighted by atomic mass is 10.3. The Morgan fingerprint density at radius 2 is 1.44 bits per heavy atom. The molecule has 82 valence electrons. The zero-order valence-corrected chi connectivity index (χ0v) is 10.5. The molecule has 0 aliphatic rings. The Labute approximate surface area is 105 Å². The van der Waals surface area contributed by atoms with Crippen molar-refractivity contribution < 1.29 is 8.78 Å². The van der Waals surface area contributed by atoms with Gasteiger partial charge in [0.2, 0.25) is 0 Å². The number of hydrogen-bond donors (Lipinski definition) is 0. The van der Waals surface area contributed by atoms with Gasteiger partial charge in [0.05, 0.1) is 4.90 Å². The minimum Gasteiger partial charge on any atom is -0.206 e. The molecule has 0 saturated heterocycles. The molecule has 4 heteroatoms. The van der Waals surface area contributed by atoms with E-state index in [-0.39, 0.29) is 4.90 Å². The maximum atomic E-state index is 13.3. The summed E-state index contributed by atoms with van der Waals surface area (Å²) in [7, 11) is 0. The van der Waals surface area contributed by atoms with E-state index in [1.165, 1.54) is 18.2 Å². The van der Waals surface area contributed by atoms with E-state index in [0.29, 0.717) is 0 Å². The molecule has 0 unspecified atom stereocenters. The van der Waals surface area contributed by atoms with Gasteiger partial charge in [-0.15, -0.1) is 0 Å². The number of halogens is 3. The zero-order chi connectivity index (χ0) is 11.5. The summed E-state index contributed by atoms with van der Waals surface area (Å²) in [6.45, 7) is 0. The van der Waals surface area contributed by atoms with Crippen molar-refractivity contribution in [3.63, 3.8) is 0 Å². The molecule has 0 bridgehead atoms. The van der Waals surface area contributed by atoms with Crippen molar-refractivity contribution in [3.05, 3.63) is 58.6 Å². The van der Waals surface area contributed by atoms with Crippen LogP contribution in [0.15, 0.2) is 56.7 Å². The molecule has 0 aliphatic heterocycles. The van der Waals surface area contributed by atoms with Gasteiger partial charge in [-0.25, -0.2) is 8.78 Å². The summed E-state index contributed by atoms with van der Waals surface area (Å²) in [5.74, 6) is -1.07. The summed E-state index contributed by atoms with van der Waals surface area (Å²) in [5.41, 5.74) is 0. The van der Waals surface area contributed by atoms with Crippen molar-refractivity contribution in [2.24, 2.45) is 0 Å². The fourth-order valence-corrected chi connectivity index (χ4v) is 2.30. The molecular weight excluding hydrogens is 294 g/mol. The fourth-order valence-electron chi connectivity index (χ4n) is 1.20. The molecule has 0 fully saturated rings. The Morgan fingerprint density at radius 3 is 2.00 bits per heavy atom. The van der Waals surface area contributed by atoms with Crippen molar-refractivity contribution >= 4 is 27.7 Å². The predicted molar refractivity (Wildman–Crippen MR) is 64.6 cm³/mol. The van der Waals surface area contributed by atoms with Gasteiger partial charge in [0.25, 0.3) is 0 Å². The average Bonchev–Trinajstić information content (AvgIpc) is 2.26. The van der Waals surface area contributed by atoms with E-state index in [4.69, 9.17) is 0 Å². The maximum absolute atomic E-state index is 13.3. The zero-order valence-electron chi connectivity index (χ0n) is 8.08. The van der Waals surface area contributed by atoms with Crippen LogP contribution in [0.4, 0.5) is 8.78 Å². The first-order valence-corrected chi connectivity index (χ1v) is 6.15. The first-order valence-electron chi connectivity index (χ1n) is 4.54. The Morgan fingerprint density at radius 1 is 0.875 bits per heavy atom. The highest BCUT2D eigenvalue weighted by atomic mass is 79.9. The summed E-state index contributed by atoms with van der Waals surface area (Å²) in [5, 5.41) is 0. The van der Waals surface area contributed by atoms with Crippen LogP contribution < -0.4 is 0 Å². The highest BCUT2D eigenvalue weighted by Crippen LogP contribution is 2.32. The van der Waals surface area contributed by atoms with Gasteiger partial charge in [0.15, 0.2) is 0 Å². The van der Waals surface area contributed by atoms with Gasteiger partial charge in [0, 0.05) is 9.37 Å². The summed E-state index contributed by atoms with van der Waals surface area (Å²) in [4.78, 5) is 0.831. The van der Waals surface area contributed by atoms with Crippen LogP contribution >= 0.6 is 27.7 Å². The van der Waals surface area contributed by atoms with E-state index >= 15 is 0 Å². The molecular formula is C12H7BrF2S. The molecule has 0 N–H and O–H groups in total. The van der Waals surface area contributed by atoms with Gasteiger partial charge >= 0.3 is 0 Å². The molecule has 0 nitrogen and oxygen atoms in total. The average molecular weight is 301 g/mol. The maximum Gasteiger partial charge on any atom is 0.140 e. The Balaban J connectivity index is 2.30. The van der Waals surface area contributed by atoms with Crippen LogP contribution in [-0.4, -0.2) is 0 Å². The monoisotopic (exact) mass is 300 g/mol. The van der Waals surface area contributed by atoms with Gasteiger partial charge in [-0.1, -0.05) is 33.8 Å². The van der Waals surface area contributed by atoms with E-state index in [1.54, 1.807) is 12.1 Å². The van der Waals surface area contributed by atoms with Crippen molar-refractivity contribution in [3.8, 4) is 0 Å². The standard InChI is InChI=1S/C12H7BrF2S/c13-8-4-6-9(7-5-8)16-12-10(14)2-1-3-11(12)15/h1-7H. The second-order valence-corrected chi connectivity index (χ2v) is 5.11. The highest BCUT2D eigenvalue weighted by Gasteiger charge is 2.09. The number of hydrogen-bond acceptors (Lipinski definition) is 1. The summed E-state index contributed by atoms with van der Waals surface area (Å²) < 4.78 is 27.6. The Hall–Kier alpha value is -0.870. The predicted octanol–water partition coefficient (Wildman–Crippen LogP) is 4.88. The molecule has 2 rings (SSSR count). The SMILES string of the molecule is Fc1cccc(F)c1Sc1ccc(Br)cc1. The molecule has 16 heavy (non-hydrogen) atoms. The molecule has 0 saturated carbocycles. The minimum absolute atomic E-state index is 0.0322. The van der Waals surface area contributed by atoms with Crippen LogP contribution in [0.5, 0.6) is 0 Å². The third-order valence-corrected chi connectivity index (χ3v) is 3.58. The molecule has 0 aliphatic carbocycles. The van der Waals surface area contributed by atoms with Gasteiger partial charge < -0.3 is 0 Å². The first kappa shape index (κ1) is 11.6. The highest BCUT2D eigenvalue weighted by molar-refractivity contribution is 9.10. The van der Waals surface area contributed by atoms with Crippen molar-refractivity contribution in [1.82, 2.24) is 0 Å². The van der Waals surface area contributed by atoms with Crippen molar-refractivity contribution in [2.75, 3.05) is 0 Å². The van der Waals surface area contributed by atoms with E-state index < -0.39 is 11.6 Å². The molecule has 0 radical (unpaired) electrons. The summed E-state index contributed by atoms with van der Waals surface area (Å²) >= 11 is 4.38. The first-order chi connectivity index (χ1) is 7.66. The lowest BCUT2D eigenvalue weighted by Crippen LogP contribution is -1.86. The third kappa shape index (κ3) is 2.62. The third-order valence-electron chi connectivity index (χ3n) is 1.95. The quantitative estimate of drug-likeness (QED) is 0.762. The van der Waals surface area contributed by atoms with Gasteiger partial charge in [-0.05, 0) is 36.4 Å². The van der Waals surface area contributed by atoms with Crippen LogP contribution in [0, 0.1) is 11.6 Å². The number of rotatable bonds is 2.